The predicted molar refractivity (Wildman–Crippen MR) is 82.0 cm³/mol. The molecule has 2 amide bonds. The van der Waals surface area contributed by atoms with E-state index in [1.807, 2.05) is 0 Å². The van der Waals surface area contributed by atoms with Crippen LogP contribution in [0.15, 0.2) is 18.2 Å². The maximum atomic E-state index is 11.9. The van der Waals surface area contributed by atoms with Gasteiger partial charge in [0.05, 0.1) is 18.5 Å². The molecule has 9 nitrogen and oxygen atoms in total. The van der Waals surface area contributed by atoms with Crippen LogP contribution in [0.3, 0.4) is 0 Å². The molecule has 1 aliphatic heterocycles. The first-order chi connectivity index (χ1) is 11.4. The number of benzene rings is 1. The molecule has 0 fully saturated rings. The minimum absolute atomic E-state index is 0.0227. The van der Waals surface area contributed by atoms with Gasteiger partial charge in [-0.05, 0) is 12.1 Å². The number of nitrogens with one attached hydrogen (secondary N) is 1. The summed E-state index contributed by atoms with van der Waals surface area (Å²) in [5.41, 5.74) is 0.827. The number of anilines is 2. The van der Waals surface area contributed by atoms with Crippen LogP contribution in [0.25, 0.3) is 0 Å². The molecule has 9 heteroatoms. The van der Waals surface area contributed by atoms with E-state index in [2.05, 4.69) is 5.32 Å². The van der Waals surface area contributed by atoms with Crippen LogP contribution >= 0.6 is 0 Å². The molecular formula is C15H16N2O7. The molecule has 3 N–H and O–H groups in total. The lowest BCUT2D eigenvalue weighted by atomic mass is 10.2. The summed E-state index contributed by atoms with van der Waals surface area (Å²) < 4.78 is 5.31. The molecule has 1 aromatic carbocycles. The third-order valence-corrected chi connectivity index (χ3v) is 3.30. The van der Waals surface area contributed by atoms with E-state index in [0.29, 0.717) is 17.1 Å². The highest BCUT2D eigenvalue weighted by Crippen LogP contribution is 2.34. The zero-order chi connectivity index (χ0) is 17.7. The predicted octanol–water partition coefficient (Wildman–Crippen LogP) is 0.690. The SMILES string of the molecule is O=C(O)CCC(=O)Nc1ccc2c(c1)OCC(=O)N2CCC(=O)O. The van der Waals surface area contributed by atoms with E-state index in [0.717, 1.165) is 0 Å². The second kappa shape index (κ2) is 7.44. The number of nitrogens with zero attached hydrogens (tertiary/aromatic N) is 1. The summed E-state index contributed by atoms with van der Waals surface area (Å²) in [6.45, 7) is -0.197. The number of amides is 2. The fourth-order valence-electron chi connectivity index (χ4n) is 2.18. The standard InChI is InChI=1S/C15H16N2O7/c18-12(3-4-14(20)21)16-9-1-2-10-11(7-9)24-8-13(19)17(10)6-5-15(22)23/h1-2,7H,3-6,8H2,(H,16,18)(H,20,21)(H,22,23). The number of carbonyl (C=O) groups is 4. The monoisotopic (exact) mass is 336 g/mol. The minimum atomic E-state index is -1.06. The van der Waals surface area contributed by atoms with Crippen molar-refractivity contribution < 1.29 is 34.1 Å². The van der Waals surface area contributed by atoms with Gasteiger partial charge in [0.2, 0.25) is 5.91 Å². The number of aliphatic carboxylic acids is 2. The van der Waals surface area contributed by atoms with Crippen molar-refractivity contribution in [2.75, 3.05) is 23.4 Å². The average molecular weight is 336 g/mol. The molecule has 2 rings (SSSR count). The van der Waals surface area contributed by atoms with Crippen LogP contribution in [0.5, 0.6) is 5.75 Å². The minimum Gasteiger partial charge on any atom is -0.481 e. The molecule has 0 spiro atoms. The Balaban J connectivity index is 2.09. The Bertz CT molecular complexity index is 686. The molecule has 0 atom stereocenters. The van der Waals surface area contributed by atoms with Gasteiger partial charge in [0.15, 0.2) is 6.61 Å². The van der Waals surface area contributed by atoms with Crippen LogP contribution in [-0.4, -0.2) is 47.1 Å². The molecule has 0 saturated carbocycles. The van der Waals surface area contributed by atoms with Crippen LogP contribution in [0.1, 0.15) is 19.3 Å². The van der Waals surface area contributed by atoms with Gasteiger partial charge in [-0.15, -0.1) is 0 Å². The normalized spacial score (nSPS) is 13.0. The first kappa shape index (κ1) is 17.3. The van der Waals surface area contributed by atoms with Crippen molar-refractivity contribution in [2.45, 2.75) is 19.3 Å². The van der Waals surface area contributed by atoms with E-state index in [9.17, 15) is 19.2 Å². The summed E-state index contributed by atoms with van der Waals surface area (Å²) in [5.74, 6) is -2.53. The van der Waals surface area contributed by atoms with Gasteiger partial charge in [0, 0.05) is 24.7 Å². The number of hydrogen-bond acceptors (Lipinski definition) is 5. The maximum Gasteiger partial charge on any atom is 0.305 e. The number of hydrogen-bond donors (Lipinski definition) is 3. The molecule has 0 saturated heterocycles. The lowest BCUT2D eigenvalue weighted by Gasteiger charge is -2.29. The Morgan fingerprint density at radius 2 is 1.83 bits per heavy atom. The lowest BCUT2D eigenvalue weighted by Crippen LogP contribution is -2.40. The number of fused-ring (bicyclic) bond motifs is 1. The van der Waals surface area contributed by atoms with Crippen LogP contribution in [0.4, 0.5) is 11.4 Å². The van der Waals surface area contributed by atoms with E-state index in [-0.39, 0.29) is 38.3 Å². The maximum absolute atomic E-state index is 11.9. The fourth-order valence-corrected chi connectivity index (χ4v) is 2.18. The molecule has 0 aromatic heterocycles. The molecule has 0 radical (unpaired) electrons. The fraction of sp³-hybridized carbons (Fsp3) is 0.333. The molecule has 1 aliphatic rings. The molecule has 0 aliphatic carbocycles. The summed E-state index contributed by atoms with van der Waals surface area (Å²) in [4.78, 5) is 46.0. The highest BCUT2D eigenvalue weighted by atomic mass is 16.5. The van der Waals surface area contributed by atoms with Crippen molar-refractivity contribution >= 4 is 35.1 Å². The number of carboxylic acid groups (broad SMARTS) is 2. The van der Waals surface area contributed by atoms with Crippen molar-refractivity contribution in [2.24, 2.45) is 0 Å². The van der Waals surface area contributed by atoms with Crippen molar-refractivity contribution in [3.8, 4) is 5.75 Å². The van der Waals surface area contributed by atoms with E-state index in [1.54, 1.807) is 6.07 Å². The van der Waals surface area contributed by atoms with Crippen molar-refractivity contribution in [1.29, 1.82) is 0 Å². The number of carboxylic acids is 2. The average Bonchev–Trinajstić information content (AvgIpc) is 2.52. The Morgan fingerprint density at radius 1 is 1.12 bits per heavy atom. The van der Waals surface area contributed by atoms with Gasteiger partial charge in [-0.1, -0.05) is 0 Å². The van der Waals surface area contributed by atoms with Crippen molar-refractivity contribution in [1.82, 2.24) is 0 Å². The zero-order valence-electron chi connectivity index (χ0n) is 12.7. The Hall–Kier alpha value is -3.10. The van der Waals surface area contributed by atoms with E-state index >= 15 is 0 Å². The quantitative estimate of drug-likeness (QED) is 0.667. The lowest BCUT2D eigenvalue weighted by molar-refractivity contribution is -0.138. The molecule has 1 aromatic rings. The number of ether oxygens (including phenoxy) is 1. The van der Waals surface area contributed by atoms with Gasteiger partial charge in [0.1, 0.15) is 5.75 Å². The molecule has 128 valence electrons. The van der Waals surface area contributed by atoms with E-state index in [4.69, 9.17) is 14.9 Å². The van der Waals surface area contributed by atoms with E-state index < -0.39 is 17.8 Å². The Kier molecular flexibility index (Phi) is 5.35. The number of rotatable bonds is 7. The summed E-state index contributed by atoms with van der Waals surface area (Å²) in [6, 6.07) is 4.59. The first-order valence-corrected chi connectivity index (χ1v) is 7.17. The molecule has 1 heterocycles. The van der Waals surface area contributed by atoms with Crippen LogP contribution in [-0.2, 0) is 19.2 Å². The summed E-state index contributed by atoms with van der Waals surface area (Å²) in [6.07, 6.45) is -0.625. The van der Waals surface area contributed by atoms with Gasteiger partial charge in [0.25, 0.3) is 5.91 Å². The third kappa shape index (κ3) is 4.45. The second-order valence-electron chi connectivity index (χ2n) is 5.10. The summed E-state index contributed by atoms with van der Waals surface area (Å²) in [5, 5.41) is 19.8. The summed E-state index contributed by atoms with van der Waals surface area (Å²) in [7, 11) is 0. The summed E-state index contributed by atoms with van der Waals surface area (Å²) >= 11 is 0. The highest BCUT2D eigenvalue weighted by Gasteiger charge is 2.26. The zero-order valence-corrected chi connectivity index (χ0v) is 12.7. The van der Waals surface area contributed by atoms with Crippen LogP contribution < -0.4 is 15.0 Å². The van der Waals surface area contributed by atoms with Crippen molar-refractivity contribution in [3.05, 3.63) is 18.2 Å². The molecular weight excluding hydrogens is 320 g/mol. The largest absolute Gasteiger partial charge is 0.481 e. The van der Waals surface area contributed by atoms with Gasteiger partial charge >= 0.3 is 11.9 Å². The Morgan fingerprint density at radius 3 is 2.50 bits per heavy atom. The topological polar surface area (TPSA) is 133 Å². The molecule has 0 unspecified atom stereocenters. The Labute approximate surface area is 136 Å². The van der Waals surface area contributed by atoms with Crippen LogP contribution in [0.2, 0.25) is 0 Å². The molecule has 0 bridgehead atoms. The molecule has 24 heavy (non-hydrogen) atoms. The highest BCUT2D eigenvalue weighted by molar-refractivity contribution is 5.99. The number of carbonyl (C=O) groups excluding carboxylic acids is 2. The van der Waals surface area contributed by atoms with Gasteiger partial charge < -0.3 is 25.2 Å². The van der Waals surface area contributed by atoms with E-state index in [1.165, 1.54) is 17.0 Å². The second-order valence-corrected chi connectivity index (χ2v) is 5.10. The van der Waals surface area contributed by atoms with Gasteiger partial charge in [-0.25, -0.2) is 0 Å². The smallest absolute Gasteiger partial charge is 0.305 e. The third-order valence-electron chi connectivity index (χ3n) is 3.30. The van der Waals surface area contributed by atoms with Gasteiger partial charge in [-0.3, -0.25) is 19.2 Å². The van der Waals surface area contributed by atoms with Crippen LogP contribution in [0, 0.1) is 0 Å². The van der Waals surface area contributed by atoms with Gasteiger partial charge in [-0.2, -0.15) is 0 Å². The van der Waals surface area contributed by atoms with Crippen molar-refractivity contribution in [3.63, 3.8) is 0 Å². The first-order valence-electron chi connectivity index (χ1n) is 7.17.